The molecule has 0 aliphatic carbocycles. The zero-order valence-electron chi connectivity index (χ0n) is 23.2. The summed E-state index contributed by atoms with van der Waals surface area (Å²) >= 11 is 0. The van der Waals surface area contributed by atoms with Gasteiger partial charge in [-0.25, -0.2) is 20.0 Å². The molecule has 0 fully saturated rings. The fourth-order valence-electron chi connectivity index (χ4n) is 5.44. The third kappa shape index (κ3) is 3.84. The van der Waals surface area contributed by atoms with E-state index in [-0.39, 0.29) is 10.8 Å². The summed E-state index contributed by atoms with van der Waals surface area (Å²) < 4.78 is 0. The molecule has 5 heteroatoms. The van der Waals surface area contributed by atoms with E-state index in [1.54, 1.807) is 0 Å². The van der Waals surface area contributed by atoms with Crippen LogP contribution >= 0.6 is 0 Å². The van der Waals surface area contributed by atoms with Gasteiger partial charge in [0.15, 0.2) is 5.82 Å². The first-order valence-electron chi connectivity index (χ1n) is 13.5. The molecule has 7 rings (SSSR count). The van der Waals surface area contributed by atoms with Gasteiger partial charge in [0, 0.05) is 45.4 Å². The first-order valence-corrected chi connectivity index (χ1v) is 13.5. The van der Waals surface area contributed by atoms with Crippen molar-refractivity contribution in [1.82, 2.24) is 15.3 Å². The Balaban J connectivity index is 1.67. The normalized spacial score (nSPS) is 14.8. The van der Waals surface area contributed by atoms with Gasteiger partial charge in [0.2, 0.25) is 0 Å². The van der Waals surface area contributed by atoms with Crippen LogP contribution in [0, 0.1) is 0 Å². The molecule has 3 aliphatic rings. The van der Waals surface area contributed by atoms with Crippen molar-refractivity contribution in [3.63, 3.8) is 0 Å². The Kier molecular flexibility index (Phi) is 4.90. The second-order valence-corrected chi connectivity index (χ2v) is 12.6. The fourth-order valence-corrected chi connectivity index (χ4v) is 5.44. The van der Waals surface area contributed by atoms with E-state index in [4.69, 9.17) is 15.0 Å². The van der Waals surface area contributed by atoms with Crippen LogP contribution in [0.15, 0.2) is 83.1 Å². The Morgan fingerprint density at radius 2 is 1.46 bits per heavy atom. The molecule has 4 heterocycles. The van der Waals surface area contributed by atoms with Crippen molar-refractivity contribution in [1.29, 1.82) is 0 Å². The van der Waals surface area contributed by atoms with Crippen molar-refractivity contribution < 1.29 is 0 Å². The maximum Gasteiger partial charge on any atom is 0.159 e. The average molecular weight is 510 g/mol. The molecule has 1 N–H and O–H groups in total. The van der Waals surface area contributed by atoms with Crippen LogP contribution in [-0.4, -0.2) is 15.8 Å². The first-order chi connectivity index (χ1) is 18.6. The van der Waals surface area contributed by atoms with Crippen LogP contribution in [0.5, 0.6) is 0 Å². The van der Waals surface area contributed by atoms with Crippen LogP contribution in [-0.2, 0) is 10.8 Å². The summed E-state index contributed by atoms with van der Waals surface area (Å²) in [7, 11) is 0. The van der Waals surface area contributed by atoms with Crippen LogP contribution in [0.1, 0.15) is 58.2 Å². The van der Waals surface area contributed by atoms with Gasteiger partial charge in [0.1, 0.15) is 5.84 Å². The molecular weight excluding hydrogens is 478 g/mol. The molecular formula is C34H31N5. The molecule has 0 atom stereocenters. The number of hydrogen-bond acceptors (Lipinski definition) is 5. The zero-order chi connectivity index (χ0) is 27.1. The van der Waals surface area contributed by atoms with E-state index in [0.29, 0.717) is 5.82 Å². The largest absolute Gasteiger partial charge is 0.339 e. The molecule has 0 saturated carbocycles. The van der Waals surface area contributed by atoms with E-state index < -0.39 is 0 Å². The van der Waals surface area contributed by atoms with Crippen LogP contribution in [0.4, 0.5) is 5.69 Å². The van der Waals surface area contributed by atoms with Crippen molar-refractivity contribution in [3.05, 3.63) is 100 Å². The number of benzene rings is 3. The molecule has 3 aliphatic heterocycles. The Bertz CT molecular complexity index is 1900. The van der Waals surface area contributed by atoms with E-state index in [9.17, 15) is 0 Å². The van der Waals surface area contributed by atoms with Gasteiger partial charge in [-0.05, 0) is 64.4 Å². The highest BCUT2D eigenvalue weighted by Gasteiger charge is 2.27. The van der Waals surface area contributed by atoms with Crippen LogP contribution in [0.3, 0.4) is 0 Å². The number of amidine groups is 1. The van der Waals surface area contributed by atoms with E-state index in [1.807, 2.05) is 30.6 Å². The van der Waals surface area contributed by atoms with Crippen LogP contribution in [0.2, 0.25) is 0 Å². The number of hydrogen-bond donors (Lipinski definition) is 1. The number of nitrogens with zero attached hydrogens (tertiary/aromatic N) is 4. The lowest BCUT2D eigenvalue weighted by Gasteiger charge is -2.23. The van der Waals surface area contributed by atoms with Gasteiger partial charge >= 0.3 is 0 Å². The summed E-state index contributed by atoms with van der Waals surface area (Å²) in [6.45, 7) is 13.6. The highest BCUT2D eigenvalue weighted by Crippen LogP contribution is 2.44. The molecule has 192 valence electrons. The summed E-state index contributed by atoms with van der Waals surface area (Å²) in [6, 6.07) is 19.5. The third-order valence-corrected chi connectivity index (χ3v) is 7.78. The van der Waals surface area contributed by atoms with Gasteiger partial charge in [0.25, 0.3) is 0 Å². The molecule has 1 aromatic heterocycles. The minimum absolute atomic E-state index is 0.0360. The molecule has 0 spiro atoms. The number of rotatable bonds is 0. The van der Waals surface area contributed by atoms with Crippen molar-refractivity contribution in [2.45, 2.75) is 52.4 Å². The number of aromatic nitrogens is 2. The Morgan fingerprint density at radius 1 is 0.744 bits per heavy atom. The molecule has 3 aromatic carbocycles. The van der Waals surface area contributed by atoms with Gasteiger partial charge in [0.05, 0.1) is 22.4 Å². The average Bonchev–Trinajstić information content (AvgIpc) is 3.30. The molecule has 0 saturated heterocycles. The van der Waals surface area contributed by atoms with Crippen molar-refractivity contribution in [2.24, 2.45) is 9.98 Å². The first kappa shape index (κ1) is 23.7. The van der Waals surface area contributed by atoms with Crippen molar-refractivity contribution in [3.8, 4) is 33.8 Å². The summed E-state index contributed by atoms with van der Waals surface area (Å²) in [5.74, 6) is 1.48. The topological polar surface area (TPSA) is 62.5 Å². The quantitative estimate of drug-likeness (QED) is 0.266. The Hall–Kier alpha value is -4.38. The summed E-state index contributed by atoms with van der Waals surface area (Å²) in [5, 5.41) is 5.69. The number of fused-ring (bicyclic) bond motifs is 10. The van der Waals surface area contributed by atoms with Gasteiger partial charge in [-0.2, -0.15) is 0 Å². The Morgan fingerprint density at radius 3 is 2.26 bits per heavy atom. The molecule has 4 aromatic rings. The van der Waals surface area contributed by atoms with Gasteiger partial charge in [-0.15, -0.1) is 0 Å². The van der Waals surface area contributed by atoms with Gasteiger partial charge in [-0.3, -0.25) is 0 Å². The Labute approximate surface area is 228 Å². The minimum atomic E-state index is -0.0438. The summed E-state index contributed by atoms with van der Waals surface area (Å²) in [4.78, 5) is 19.8. The third-order valence-electron chi connectivity index (χ3n) is 7.78. The molecule has 39 heavy (non-hydrogen) atoms. The predicted molar refractivity (Wildman–Crippen MR) is 158 cm³/mol. The molecule has 0 radical (unpaired) electrons. The van der Waals surface area contributed by atoms with Gasteiger partial charge in [-0.1, -0.05) is 59.7 Å². The van der Waals surface area contributed by atoms with E-state index >= 15 is 0 Å². The molecule has 0 amide bonds. The lowest BCUT2D eigenvalue weighted by atomic mass is 9.82. The minimum Gasteiger partial charge on any atom is -0.339 e. The van der Waals surface area contributed by atoms with Crippen molar-refractivity contribution >= 4 is 17.2 Å². The van der Waals surface area contributed by atoms with Crippen molar-refractivity contribution in [2.75, 3.05) is 0 Å². The molecule has 8 bridgehead atoms. The second kappa shape index (κ2) is 8.06. The summed E-state index contributed by atoms with van der Waals surface area (Å²) in [6.07, 6.45) is 5.77. The monoisotopic (exact) mass is 509 g/mol. The molecule has 0 unspecified atom stereocenters. The van der Waals surface area contributed by atoms with E-state index in [1.165, 1.54) is 11.1 Å². The fraction of sp³-hybridized carbons (Fsp3) is 0.235. The second-order valence-electron chi connectivity index (χ2n) is 12.6. The number of nitrogens with one attached hydrogen (secondary N) is 1. The molecule has 5 nitrogen and oxygen atoms in total. The smallest absolute Gasteiger partial charge is 0.159 e. The lowest BCUT2D eigenvalue weighted by Crippen LogP contribution is -2.37. The standard InChI is InChI=1S/C34H31N5/c1-33(2,3)21-15-23-24-16-22(34(4,5)6)18-26-28-11-13-36-32(38-28)20-9-7-8-19(14-20)31-35-12-10-27(37-31)25(17-21)29(23)39-30(24)26/h7-18H,1-6H3,(H,35,37). The van der Waals surface area contributed by atoms with Gasteiger partial charge < -0.3 is 5.32 Å². The summed E-state index contributed by atoms with van der Waals surface area (Å²) in [5.41, 5.74) is 10.6. The van der Waals surface area contributed by atoms with Crippen LogP contribution < -0.4 is 15.9 Å². The number of aliphatic imine (C=N–C) groups is 1. The van der Waals surface area contributed by atoms with E-state index in [2.05, 4.69) is 94.3 Å². The highest BCUT2D eigenvalue weighted by molar-refractivity contribution is 6.05. The highest BCUT2D eigenvalue weighted by atomic mass is 15.0. The zero-order valence-corrected chi connectivity index (χ0v) is 23.2. The van der Waals surface area contributed by atoms with Crippen LogP contribution in [0.25, 0.3) is 39.5 Å². The predicted octanol–water partition coefficient (Wildman–Crippen LogP) is 6.32. The maximum atomic E-state index is 5.35. The SMILES string of the molecule is CC(C)(C)c1cc2c3c(c1)-c1cc(C(C)(C)C)cc(c1=N3)=C1C=CN=C(N1)c1cccc(c1)-c1nccc-2n1. The lowest BCUT2D eigenvalue weighted by molar-refractivity contribution is 0.589. The maximum absolute atomic E-state index is 5.35. The van der Waals surface area contributed by atoms with E-state index in [0.717, 1.165) is 61.3 Å².